The molecule has 3 aliphatic rings. The lowest BCUT2D eigenvalue weighted by Crippen LogP contribution is -2.48. The topological polar surface area (TPSA) is 62.3 Å². The van der Waals surface area contributed by atoms with Crippen LogP contribution < -0.4 is 0 Å². The summed E-state index contributed by atoms with van der Waals surface area (Å²) in [6, 6.07) is 7.09. The van der Waals surface area contributed by atoms with Crippen molar-refractivity contribution in [3.63, 3.8) is 0 Å². The van der Waals surface area contributed by atoms with E-state index in [2.05, 4.69) is 11.8 Å². The molecule has 3 aliphatic heterocycles. The molecule has 3 saturated heterocycles. The van der Waals surface area contributed by atoms with Gasteiger partial charge in [-0.05, 0) is 30.8 Å². The number of carbonyl (C=O) groups excluding carboxylic acids is 2. The van der Waals surface area contributed by atoms with Gasteiger partial charge >= 0.3 is 0 Å². The second-order valence-electron chi connectivity index (χ2n) is 7.70. The molecule has 0 unspecified atom stereocenters. The Bertz CT molecular complexity index is 697. The van der Waals surface area contributed by atoms with Crippen LogP contribution in [0.2, 0.25) is 0 Å². The molecule has 1 spiro atoms. The van der Waals surface area contributed by atoms with Crippen LogP contribution >= 0.6 is 0 Å². The number of benzene rings is 1. The van der Waals surface area contributed by atoms with E-state index in [0.29, 0.717) is 50.3 Å². The van der Waals surface area contributed by atoms with Gasteiger partial charge in [0.05, 0.1) is 13.2 Å². The lowest BCUT2D eigenvalue weighted by atomic mass is 10.0. The number of amides is 2. The molecule has 0 bridgehead atoms. The van der Waals surface area contributed by atoms with Crippen molar-refractivity contribution >= 4 is 11.8 Å². The van der Waals surface area contributed by atoms with E-state index in [0.717, 1.165) is 32.7 Å². The summed E-state index contributed by atoms with van der Waals surface area (Å²) >= 11 is 0. The van der Waals surface area contributed by atoms with Crippen LogP contribution in [0.25, 0.3) is 0 Å². The minimum atomic E-state index is -0.477. The molecule has 4 rings (SSSR count). The number of carbonyl (C=O) groups is 2. The Kier molecular flexibility index (Phi) is 5.66. The summed E-state index contributed by atoms with van der Waals surface area (Å²) in [4.78, 5) is 31.6. The number of likely N-dealkylation sites (N-methyl/N-ethyl adjacent to an activating group) is 1. The van der Waals surface area contributed by atoms with Crippen molar-refractivity contribution < 1.29 is 19.1 Å². The molecule has 0 aliphatic carbocycles. The van der Waals surface area contributed by atoms with Gasteiger partial charge in [0.2, 0.25) is 0 Å². The number of ether oxygens (including phenoxy) is 2. The highest BCUT2D eigenvalue weighted by molar-refractivity contribution is 5.98. The zero-order valence-electron chi connectivity index (χ0n) is 16.6. The molecule has 0 aromatic heterocycles. The average molecular weight is 387 g/mol. The van der Waals surface area contributed by atoms with E-state index in [1.165, 1.54) is 0 Å². The monoisotopic (exact) mass is 387 g/mol. The van der Waals surface area contributed by atoms with Crippen LogP contribution in [0, 0.1) is 0 Å². The summed E-state index contributed by atoms with van der Waals surface area (Å²) in [6.45, 7) is 9.04. The summed E-state index contributed by atoms with van der Waals surface area (Å²) in [7, 11) is 0. The maximum absolute atomic E-state index is 12.8. The maximum Gasteiger partial charge on any atom is 0.253 e. The molecular weight excluding hydrogens is 358 g/mol. The SMILES string of the molecule is CCN1CCN(C(=O)c2ccc(C(=O)N3CCC4(CC3)OCCO4)cc2)CC1. The Morgan fingerprint density at radius 1 is 0.821 bits per heavy atom. The second-order valence-corrected chi connectivity index (χ2v) is 7.70. The van der Waals surface area contributed by atoms with E-state index in [-0.39, 0.29) is 11.8 Å². The number of hydrogen-bond acceptors (Lipinski definition) is 5. The molecule has 3 heterocycles. The molecule has 0 N–H and O–H groups in total. The highest BCUT2D eigenvalue weighted by atomic mass is 16.7. The van der Waals surface area contributed by atoms with Crippen LogP contribution in [0.3, 0.4) is 0 Å². The number of hydrogen-bond donors (Lipinski definition) is 0. The van der Waals surface area contributed by atoms with Gasteiger partial charge in [-0.25, -0.2) is 0 Å². The summed E-state index contributed by atoms with van der Waals surface area (Å²) in [5, 5.41) is 0. The van der Waals surface area contributed by atoms with Crippen molar-refractivity contribution in [2.45, 2.75) is 25.6 Å². The fraction of sp³-hybridized carbons (Fsp3) is 0.619. The second kappa shape index (κ2) is 8.19. The molecule has 7 heteroatoms. The zero-order valence-corrected chi connectivity index (χ0v) is 16.6. The van der Waals surface area contributed by atoms with Gasteiger partial charge in [0.25, 0.3) is 11.8 Å². The van der Waals surface area contributed by atoms with Crippen molar-refractivity contribution in [2.24, 2.45) is 0 Å². The largest absolute Gasteiger partial charge is 0.347 e. The third-order valence-corrected chi connectivity index (χ3v) is 6.11. The summed E-state index contributed by atoms with van der Waals surface area (Å²) < 4.78 is 11.4. The Morgan fingerprint density at radius 2 is 1.29 bits per heavy atom. The Labute approximate surface area is 166 Å². The first-order chi connectivity index (χ1) is 13.6. The van der Waals surface area contributed by atoms with E-state index in [1.54, 1.807) is 24.3 Å². The molecule has 0 saturated carbocycles. The molecule has 152 valence electrons. The van der Waals surface area contributed by atoms with Crippen LogP contribution in [0.5, 0.6) is 0 Å². The van der Waals surface area contributed by atoms with E-state index in [4.69, 9.17) is 9.47 Å². The molecule has 1 aromatic rings. The smallest absolute Gasteiger partial charge is 0.253 e. The van der Waals surface area contributed by atoms with Crippen molar-refractivity contribution in [3.8, 4) is 0 Å². The van der Waals surface area contributed by atoms with Crippen LogP contribution in [-0.2, 0) is 9.47 Å². The van der Waals surface area contributed by atoms with Gasteiger partial charge in [0, 0.05) is 63.2 Å². The highest BCUT2D eigenvalue weighted by Gasteiger charge is 2.40. The third-order valence-electron chi connectivity index (χ3n) is 6.11. The van der Waals surface area contributed by atoms with Crippen molar-refractivity contribution in [3.05, 3.63) is 35.4 Å². The minimum absolute atomic E-state index is 0.00315. The zero-order chi connectivity index (χ0) is 19.6. The van der Waals surface area contributed by atoms with Crippen LogP contribution in [0.4, 0.5) is 0 Å². The van der Waals surface area contributed by atoms with E-state index < -0.39 is 5.79 Å². The van der Waals surface area contributed by atoms with Crippen LogP contribution in [-0.4, -0.2) is 91.3 Å². The summed E-state index contributed by atoms with van der Waals surface area (Å²) in [5.41, 5.74) is 1.27. The highest BCUT2D eigenvalue weighted by Crippen LogP contribution is 2.31. The van der Waals surface area contributed by atoms with Gasteiger partial charge < -0.3 is 24.2 Å². The van der Waals surface area contributed by atoms with Gasteiger partial charge in [-0.3, -0.25) is 9.59 Å². The fourth-order valence-corrected chi connectivity index (χ4v) is 4.22. The third kappa shape index (κ3) is 3.92. The molecule has 2 amide bonds. The summed E-state index contributed by atoms with van der Waals surface area (Å²) in [6.07, 6.45) is 1.41. The van der Waals surface area contributed by atoms with Gasteiger partial charge in [-0.15, -0.1) is 0 Å². The van der Waals surface area contributed by atoms with E-state index >= 15 is 0 Å². The standard InChI is InChI=1S/C21H29N3O4/c1-2-22-11-13-24(14-12-22)20(26)18-5-3-17(4-6-18)19(25)23-9-7-21(8-10-23)27-15-16-28-21/h3-6H,2,7-16H2,1H3. The van der Waals surface area contributed by atoms with Crippen LogP contribution in [0.15, 0.2) is 24.3 Å². The minimum Gasteiger partial charge on any atom is -0.347 e. The van der Waals surface area contributed by atoms with Gasteiger partial charge in [0.15, 0.2) is 5.79 Å². The normalized spacial score (nSPS) is 22.6. The number of nitrogens with zero attached hydrogens (tertiary/aromatic N) is 3. The van der Waals surface area contributed by atoms with Crippen LogP contribution in [0.1, 0.15) is 40.5 Å². The van der Waals surface area contributed by atoms with Crippen molar-refractivity contribution in [1.82, 2.24) is 14.7 Å². The predicted octanol–water partition coefficient (Wildman–Crippen LogP) is 1.44. The first-order valence-electron chi connectivity index (χ1n) is 10.3. The Hall–Kier alpha value is -1.96. The first-order valence-corrected chi connectivity index (χ1v) is 10.3. The lowest BCUT2D eigenvalue weighted by Gasteiger charge is -2.37. The molecule has 28 heavy (non-hydrogen) atoms. The quantitative estimate of drug-likeness (QED) is 0.786. The lowest BCUT2D eigenvalue weighted by molar-refractivity contribution is -0.181. The number of rotatable bonds is 3. The molecule has 0 radical (unpaired) electrons. The molecule has 3 fully saturated rings. The summed E-state index contributed by atoms with van der Waals surface area (Å²) in [5.74, 6) is -0.428. The van der Waals surface area contributed by atoms with Crippen molar-refractivity contribution in [2.75, 3.05) is 59.0 Å². The predicted molar refractivity (Wildman–Crippen MR) is 104 cm³/mol. The van der Waals surface area contributed by atoms with E-state index in [9.17, 15) is 9.59 Å². The van der Waals surface area contributed by atoms with E-state index in [1.807, 2.05) is 9.80 Å². The number of piperazine rings is 1. The average Bonchev–Trinajstić information content (AvgIpc) is 3.21. The molecular formula is C21H29N3O4. The maximum atomic E-state index is 12.8. The van der Waals surface area contributed by atoms with Gasteiger partial charge in [-0.2, -0.15) is 0 Å². The number of likely N-dealkylation sites (tertiary alicyclic amines) is 1. The number of piperidine rings is 1. The molecule has 0 atom stereocenters. The molecule has 7 nitrogen and oxygen atoms in total. The molecule has 1 aromatic carbocycles. The van der Waals surface area contributed by atoms with Gasteiger partial charge in [0.1, 0.15) is 0 Å². The first kappa shape index (κ1) is 19.4. The van der Waals surface area contributed by atoms with Crippen molar-refractivity contribution in [1.29, 1.82) is 0 Å². The fourth-order valence-electron chi connectivity index (χ4n) is 4.22. The van der Waals surface area contributed by atoms with Gasteiger partial charge in [-0.1, -0.05) is 6.92 Å². The Balaban J connectivity index is 1.34. The Morgan fingerprint density at radius 3 is 1.75 bits per heavy atom.